The molecule has 1 aliphatic carbocycles. The number of carboxylic acid groups (broad SMARTS) is 1. The minimum absolute atomic E-state index is 0.0437. The first-order valence-electron chi connectivity index (χ1n) is 6.57. The topological polar surface area (TPSA) is 78.4 Å². The van der Waals surface area contributed by atoms with Crippen LogP contribution >= 0.6 is 0 Å². The van der Waals surface area contributed by atoms with Crippen molar-refractivity contribution in [3.05, 3.63) is 0 Å². The first-order valence-corrected chi connectivity index (χ1v) is 6.57. The Labute approximate surface area is 108 Å². The van der Waals surface area contributed by atoms with Gasteiger partial charge in [0.2, 0.25) is 0 Å². The Hall–Kier alpha value is -1.26. The first-order chi connectivity index (χ1) is 8.25. The predicted molar refractivity (Wildman–Crippen MR) is 69.3 cm³/mol. The van der Waals surface area contributed by atoms with E-state index in [-0.39, 0.29) is 18.0 Å². The van der Waals surface area contributed by atoms with E-state index in [9.17, 15) is 14.7 Å². The number of rotatable bonds is 6. The molecule has 104 valence electrons. The molecule has 0 bridgehead atoms. The largest absolute Gasteiger partial charge is 0.480 e. The van der Waals surface area contributed by atoms with E-state index in [4.69, 9.17) is 0 Å². The fraction of sp³-hybridized carbons (Fsp3) is 0.846. The molecule has 0 spiro atoms. The van der Waals surface area contributed by atoms with Gasteiger partial charge in [-0.25, -0.2) is 9.59 Å². The third-order valence-electron chi connectivity index (χ3n) is 3.41. The number of amides is 2. The number of carboxylic acids is 1. The molecule has 0 aromatic rings. The van der Waals surface area contributed by atoms with Crippen LogP contribution in [-0.2, 0) is 4.79 Å². The van der Waals surface area contributed by atoms with Gasteiger partial charge in [0.05, 0.1) is 0 Å². The van der Waals surface area contributed by atoms with Crippen molar-refractivity contribution in [1.82, 2.24) is 10.6 Å². The highest BCUT2D eigenvalue weighted by molar-refractivity contribution is 5.86. The Morgan fingerprint density at radius 1 is 1.33 bits per heavy atom. The second kappa shape index (κ2) is 5.59. The summed E-state index contributed by atoms with van der Waals surface area (Å²) in [6, 6.07) is -0.345. The van der Waals surface area contributed by atoms with Crippen LogP contribution in [0.2, 0.25) is 0 Å². The highest BCUT2D eigenvalue weighted by Gasteiger charge is 2.48. The number of carbonyl (C=O) groups is 2. The SMILES string of the molecule is CC(C)CC(C)NC(=O)NC(C)(C(=O)O)C1CC1. The normalized spacial score (nSPS) is 20.1. The summed E-state index contributed by atoms with van der Waals surface area (Å²) in [5, 5.41) is 14.6. The molecule has 0 saturated heterocycles. The van der Waals surface area contributed by atoms with Gasteiger partial charge in [-0.15, -0.1) is 0 Å². The molecule has 5 nitrogen and oxygen atoms in total. The molecule has 0 radical (unpaired) electrons. The number of nitrogens with one attached hydrogen (secondary N) is 2. The van der Waals surface area contributed by atoms with E-state index in [1.165, 1.54) is 0 Å². The lowest BCUT2D eigenvalue weighted by Gasteiger charge is -2.27. The van der Waals surface area contributed by atoms with Crippen molar-refractivity contribution in [3.8, 4) is 0 Å². The van der Waals surface area contributed by atoms with Gasteiger partial charge in [0.1, 0.15) is 5.54 Å². The number of carbonyl (C=O) groups excluding carboxylic acids is 1. The molecule has 0 heterocycles. The molecule has 18 heavy (non-hydrogen) atoms. The summed E-state index contributed by atoms with van der Waals surface area (Å²) in [5.74, 6) is -0.410. The summed E-state index contributed by atoms with van der Waals surface area (Å²) in [7, 11) is 0. The highest BCUT2D eigenvalue weighted by atomic mass is 16.4. The van der Waals surface area contributed by atoms with E-state index in [0.717, 1.165) is 19.3 Å². The maximum Gasteiger partial charge on any atom is 0.329 e. The molecule has 0 aliphatic heterocycles. The van der Waals surface area contributed by atoms with E-state index < -0.39 is 11.5 Å². The number of urea groups is 1. The smallest absolute Gasteiger partial charge is 0.329 e. The van der Waals surface area contributed by atoms with E-state index in [1.54, 1.807) is 6.92 Å². The highest BCUT2D eigenvalue weighted by Crippen LogP contribution is 2.39. The summed E-state index contributed by atoms with van der Waals surface area (Å²) in [6.45, 7) is 7.68. The lowest BCUT2D eigenvalue weighted by Crippen LogP contribution is -2.57. The molecule has 1 saturated carbocycles. The molecular formula is C13H24N2O3. The Morgan fingerprint density at radius 3 is 2.28 bits per heavy atom. The van der Waals surface area contributed by atoms with Gasteiger partial charge in [-0.1, -0.05) is 13.8 Å². The number of aliphatic carboxylic acids is 1. The lowest BCUT2D eigenvalue weighted by molar-refractivity contribution is -0.144. The fourth-order valence-corrected chi connectivity index (χ4v) is 2.25. The van der Waals surface area contributed by atoms with Crippen LogP contribution in [0.15, 0.2) is 0 Å². The lowest BCUT2D eigenvalue weighted by atomic mass is 9.96. The average Bonchev–Trinajstić information content (AvgIpc) is 2.97. The summed E-state index contributed by atoms with van der Waals surface area (Å²) in [4.78, 5) is 23.1. The Morgan fingerprint density at radius 2 is 1.89 bits per heavy atom. The van der Waals surface area contributed by atoms with E-state index in [2.05, 4.69) is 24.5 Å². The zero-order valence-corrected chi connectivity index (χ0v) is 11.6. The van der Waals surface area contributed by atoms with Crippen LogP contribution < -0.4 is 10.6 Å². The quantitative estimate of drug-likeness (QED) is 0.680. The molecular weight excluding hydrogens is 232 g/mol. The maximum atomic E-state index is 11.8. The van der Waals surface area contributed by atoms with Crippen LogP contribution in [0, 0.1) is 11.8 Å². The van der Waals surface area contributed by atoms with Crippen molar-refractivity contribution in [3.63, 3.8) is 0 Å². The molecule has 2 atom stereocenters. The van der Waals surface area contributed by atoms with Crippen LogP contribution in [0.5, 0.6) is 0 Å². The van der Waals surface area contributed by atoms with E-state index in [0.29, 0.717) is 5.92 Å². The monoisotopic (exact) mass is 256 g/mol. The molecule has 1 fully saturated rings. The van der Waals surface area contributed by atoms with Gasteiger partial charge in [0.15, 0.2) is 0 Å². The molecule has 0 aromatic carbocycles. The zero-order chi connectivity index (χ0) is 13.9. The summed E-state index contributed by atoms with van der Waals surface area (Å²) >= 11 is 0. The van der Waals surface area contributed by atoms with Crippen molar-refractivity contribution in [1.29, 1.82) is 0 Å². The van der Waals surface area contributed by atoms with Crippen LogP contribution in [0.25, 0.3) is 0 Å². The van der Waals surface area contributed by atoms with Gasteiger partial charge < -0.3 is 15.7 Å². The van der Waals surface area contributed by atoms with E-state index in [1.807, 2.05) is 6.92 Å². The number of hydrogen-bond acceptors (Lipinski definition) is 2. The van der Waals surface area contributed by atoms with Gasteiger partial charge in [-0.05, 0) is 44.9 Å². The minimum atomic E-state index is -1.14. The van der Waals surface area contributed by atoms with Crippen LogP contribution in [-0.4, -0.2) is 28.7 Å². The Kier molecular flexibility index (Phi) is 4.59. The van der Waals surface area contributed by atoms with Crippen molar-refractivity contribution in [2.75, 3.05) is 0 Å². The van der Waals surface area contributed by atoms with Crippen LogP contribution in [0.4, 0.5) is 4.79 Å². The summed E-state index contributed by atoms with van der Waals surface area (Å²) in [5.41, 5.74) is -1.14. The van der Waals surface area contributed by atoms with Gasteiger partial charge in [-0.2, -0.15) is 0 Å². The number of hydrogen-bond donors (Lipinski definition) is 3. The van der Waals surface area contributed by atoms with Crippen molar-refractivity contribution < 1.29 is 14.7 Å². The molecule has 5 heteroatoms. The third kappa shape index (κ3) is 3.89. The second-order valence-electron chi connectivity index (χ2n) is 5.91. The Balaban J connectivity index is 2.50. The van der Waals surface area contributed by atoms with Crippen LogP contribution in [0.1, 0.15) is 47.0 Å². The molecule has 2 amide bonds. The van der Waals surface area contributed by atoms with Crippen molar-refractivity contribution >= 4 is 12.0 Å². The minimum Gasteiger partial charge on any atom is -0.480 e. The standard InChI is InChI=1S/C13H24N2O3/c1-8(2)7-9(3)14-12(18)15-13(4,11(16)17)10-5-6-10/h8-10H,5-7H2,1-4H3,(H,16,17)(H2,14,15,18). The molecule has 1 rings (SSSR count). The Bertz CT molecular complexity index is 326. The van der Waals surface area contributed by atoms with Crippen molar-refractivity contribution in [2.24, 2.45) is 11.8 Å². The average molecular weight is 256 g/mol. The molecule has 1 aliphatic rings. The van der Waals surface area contributed by atoms with Gasteiger partial charge >= 0.3 is 12.0 Å². The zero-order valence-electron chi connectivity index (χ0n) is 11.6. The van der Waals surface area contributed by atoms with Crippen molar-refractivity contribution in [2.45, 2.75) is 58.5 Å². The van der Waals surface area contributed by atoms with Gasteiger partial charge in [0.25, 0.3) is 0 Å². The van der Waals surface area contributed by atoms with Gasteiger partial charge in [-0.3, -0.25) is 0 Å². The third-order valence-corrected chi connectivity index (χ3v) is 3.41. The fourth-order valence-electron chi connectivity index (χ4n) is 2.25. The molecule has 2 unspecified atom stereocenters. The first kappa shape index (κ1) is 14.8. The van der Waals surface area contributed by atoms with Gasteiger partial charge in [0, 0.05) is 6.04 Å². The second-order valence-corrected chi connectivity index (χ2v) is 5.91. The predicted octanol–water partition coefficient (Wildman–Crippen LogP) is 1.97. The maximum absolute atomic E-state index is 11.8. The molecule has 3 N–H and O–H groups in total. The van der Waals surface area contributed by atoms with E-state index >= 15 is 0 Å². The summed E-state index contributed by atoms with van der Waals surface area (Å²) in [6.07, 6.45) is 2.61. The summed E-state index contributed by atoms with van der Waals surface area (Å²) < 4.78 is 0. The molecule has 0 aromatic heterocycles. The van der Waals surface area contributed by atoms with Crippen LogP contribution in [0.3, 0.4) is 0 Å².